The maximum absolute atomic E-state index is 12.3. The van der Waals surface area contributed by atoms with Gasteiger partial charge in [0, 0.05) is 5.69 Å². The molecule has 1 amide bonds. The molecule has 0 spiro atoms. The number of methoxy groups -OCH3 is 1. The zero-order valence-corrected chi connectivity index (χ0v) is 14.6. The van der Waals surface area contributed by atoms with Crippen molar-refractivity contribution in [2.24, 2.45) is 0 Å². The Balaban J connectivity index is 2.13. The summed E-state index contributed by atoms with van der Waals surface area (Å²) in [6.45, 7) is -0.0501. The van der Waals surface area contributed by atoms with Gasteiger partial charge in [-0.1, -0.05) is 23.7 Å². The highest BCUT2D eigenvalue weighted by Crippen LogP contribution is 2.27. The molecule has 2 aromatic carbocycles. The third-order valence-electron chi connectivity index (χ3n) is 3.27. The van der Waals surface area contributed by atoms with Crippen LogP contribution in [-0.4, -0.2) is 19.6 Å². The predicted octanol–water partition coefficient (Wildman–Crippen LogP) is 3.80. The van der Waals surface area contributed by atoms with Crippen LogP contribution in [0.15, 0.2) is 48.0 Å². The first-order valence-electron chi connectivity index (χ1n) is 7.44. The molecule has 130 valence electrons. The molecule has 0 aliphatic heterocycles. The minimum atomic E-state index is -0.557. The van der Waals surface area contributed by atoms with Gasteiger partial charge in [0.2, 0.25) is 0 Å². The Morgan fingerprint density at radius 2 is 1.96 bits per heavy atom. The Morgan fingerprint density at radius 3 is 2.54 bits per heavy atom. The van der Waals surface area contributed by atoms with Crippen molar-refractivity contribution in [2.45, 2.75) is 0 Å². The zero-order valence-electron chi connectivity index (χ0n) is 13.8. The number of carbonyl (C=O) groups is 1. The Hall–Kier alpha value is -3.48. The topological polar surface area (TPSA) is 95.1 Å². The van der Waals surface area contributed by atoms with Gasteiger partial charge >= 0.3 is 0 Å². The number of benzene rings is 2. The standard InChI is InChI=1S/C19H14ClN3O3/c1-25-18-7-4-15(11-17(18)20)23-19(24)14(12-22)10-13-2-5-16(6-3-13)26-9-8-21/h2-7,10-11H,9H2,1H3,(H,23,24)/b14-10+. The zero-order chi connectivity index (χ0) is 18.9. The third kappa shape index (κ3) is 5.01. The molecule has 0 atom stereocenters. The summed E-state index contributed by atoms with van der Waals surface area (Å²) in [6.07, 6.45) is 1.45. The van der Waals surface area contributed by atoms with Crippen molar-refractivity contribution in [1.82, 2.24) is 0 Å². The fraction of sp³-hybridized carbons (Fsp3) is 0.105. The molecule has 0 aliphatic carbocycles. The Kier molecular flexibility index (Phi) is 6.61. The second-order valence-electron chi connectivity index (χ2n) is 4.99. The van der Waals surface area contributed by atoms with Crippen molar-refractivity contribution in [1.29, 1.82) is 10.5 Å². The van der Waals surface area contributed by atoms with E-state index >= 15 is 0 Å². The second kappa shape index (κ2) is 9.12. The molecule has 2 rings (SSSR count). The maximum atomic E-state index is 12.3. The minimum absolute atomic E-state index is 0.0501. The van der Waals surface area contributed by atoms with E-state index in [9.17, 15) is 10.1 Å². The van der Waals surface area contributed by atoms with Crippen molar-refractivity contribution in [3.63, 3.8) is 0 Å². The van der Waals surface area contributed by atoms with Crippen LogP contribution >= 0.6 is 11.6 Å². The van der Waals surface area contributed by atoms with Gasteiger partial charge in [-0.2, -0.15) is 10.5 Å². The summed E-state index contributed by atoms with van der Waals surface area (Å²) >= 11 is 6.02. The highest BCUT2D eigenvalue weighted by molar-refractivity contribution is 6.32. The SMILES string of the molecule is COc1ccc(NC(=O)/C(C#N)=C/c2ccc(OCC#N)cc2)cc1Cl. The lowest BCUT2D eigenvalue weighted by atomic mass is 10.1. The van der Waals surface area contributed by atoms with Gasteiger partial charge in [-0.25, -0.2) is 0 Å². The first-order valence-corrected chi connectivity index (χ1v) is 7.81. The summed E-state index contributed by atoms with van der Waals surface area (Å²) in [5, 5.41) is 20.7. The van der Waals surface area contributed by atoms with Crippen LogP contribution in [-0.2, 0) is 4.79 Å². The van der Waals surface area contributed by atoms with E-state index in [1.807, 2.05) is 12.1 Å². The first-order chi connectivity index (χ1) is 12.6. The van der Waals surface area contributed by atoms with Crippen molar-refractivity contribution in [3.05, 3.63) is 58.6 Å². The first kappa shape index (κ1) is 18.9. The molecular weight excluding hydrogens is 354 g/mol. The van der Waals surface area contributed by atoms with Gasteiger partial charge in [0.25, 0.3) is 5.91 Å². The molecule has 7 heteroatoms. The third-order valence-corrected chi connectivity index (χ3v) is 3.56. The lowest BCUT2D eigenvalue weighted by molar-refractivity contribution is -0.112. The van der Waals surface area contributed by atoms with Crippen molar-refractivity contribution < 1.29 is 14.3 Å². The van der Waals surface area contributed by atoms with Crippen molar-refractivity contribution in [3.8, 4) is 23.6 Å². The van der Waals surface area contributed by atoms with Gasteiger partial charge in [0.1, 0.15) is 29.2 Å². The molecule has 6 nitrogen and oxygen atoms in total. The number of halogens is 1. The number of carbonyl (C=O) groups excluding carboxylic acids is 1. The number of anilines is 1. The van der Waals surface area contributed by atoms with Crippen LogP contribution < -0.4 is 14.8 Å². The summed E-state index contributed by atoms with van der Waals surface area (Å²) in [5.74, 6) is 0.456. The Bertz CT molecular complexity index is 909. The molecule has 0 saturated heterocycles. The van der Waals surface area contributed by atoms with E-state index in [1.165, 1.54) is 19.3 Å². The highest BCUT2D eigenvalue weighted by atomic mass is 35.5. The van der Waals surface area contributed by atoms with E-state index in [1.54, 1.807) is 36.4 Å². The quantitative estimate of drug-likeness (QED) is 0.619. The van der Waals surface area contributed by atoms with Gasteiger partial charge in [-0.05, 0) is 42.0 Å². The van der Waals surface area contributed by atoms with Crippen LogP contribution in [0.5, 0.6) is 11.5 Å². The number of nitriles is 2. The fourth-order valence-electron chi connectivity index (χ4n) is 2.03. The molecule has 26 heavy (non-hydrogen) atoms. The molecule has 0 saturated carbocycles. The summed E-state index contributed by atoms with van der Waals surface area (Å²) in [5.41, 5.74) is 1.03. The number of hydrogen-bond acceptors (Lipinski definition) is 5. The van der Waals surface area contributed by atoms with E-state index in [2.05, 4.69) is 5.32 Å². The molecule has 1 N–H and O–H groups in total. The summed E-state index contributed by atoms with van der Waals surface area (Å²) in [6, 6.07) is 15.2. The Labute approximate surface area is 155 Å². The molecule has 0 aromatic heterocycles. The summed E-state index contributed by atoms with van der Waals surface area (Å²) in [4.78, 5) is 12.3. The number of nitrogens with one attached hydrogen (secondary N) is 1. The lowest BCUT2D eigenvalue weighted by Gasteiger charge is -2.07. The van der Waals surface area contributed by atoms with Gasteiger partial charge in [-0.3, -0.25) is 4.79 Å². The fourth-order valence-corrected chi connectivity index (χ4v) is 2.29. The number of rotatable bonds is 6. The van der Waals surface area contributed by atoms with Crippen LogP contribution in [0, 0.1) is 22.7 Å². The summed E-state index contributed by atoms with van der Waals surface area (Å²) in [7, 11) is 1.49. The van der Waals surface area contributed by atoms with Crippen LogP contribution in [0.3, 0.4) is 0 Å². The van der Waals surface area contributed by atoms with E-state index in [0.29, 0.717) is 27.8 Å². The van der Waals surface area contributed by atoms with Crippen LogP contribution in [0.4, 0.5) is 5.69 Å². The van der Waals surface area contributed by atoms with Crippen molar-refractivity contribution >= 4 is 29.3 Å². The number of hydrogen-bond donors (Lipinski definition) is 1. The van der Waals surface area contributed by atoms with E-state index in [-0.39, 0.29) is 12.2 Å². The van der Waals surface area contributed by atoms with Gasteiger partial charge in [0.05, 0.1) is 12.1 Å². The van der Waals surface area contributed by atoms with Gasteiger partial charge in [-0.15, -0.1) is 0 Å². The molecule has 0 bridgehead atoms. The minimum Gasteiger partial charge on any atom is -0.495 e. The molecule has 0 fully saturated rings. The largest absolute Gasteiger partial charge is 0.495 e. The molecule has 0 heterocycles. The summed E-state index contributed by atoms with van der Waals surface area (Å²) < 4.78 is 10.2. The van der Waals surface area contributed by atoms with E-state index in [4.69, 9.17) is 26.3 Å². The van der Waals surface area contributed by atoms with Gasteiger partial charge in [0.15, 0.2) is 6.61 Å². The molecule has 0 radical (unpaired) electrons. The highest BCUT2D eigenvalue weighted by Gasteiger charge is 2.11. The van der Waals surface area contributed by atoms with Gasteiger partial charge < -0.3 is 14.8 Å². The maximum Gasteiger partial charge on any atom is 0.266 e. The second-order valence-corrected chi connectivity index (χ2v) is 5.40. The monoisotopic (exact) mass is 367 g/mol. The van der Waals surface area contributed by atoms with E-state index in [0.717, 1.165) is 0 Å². The molecular formula is C19H14ClN3O3. The number of nitrogens with zero attached hydrogens (tertiary/aromatic N) is 2. The number of ether oxygens (including phenoxy) is 2. The predicted molar refractivity (Wildman–Crippen MR) is 97.8 cm³/mol. The van der Waals surface area contributed by atoms with Crippen LogP contribution in [0.2, 0.25) is 5.02 Å². The lowest BCUT2D eigenvalue weighted by Crippen LogP contribution is -2.13. The van der Waals surface area contributed by atoms with E-state index < -0.39 is 5.91 Å². The number of amides is 1. The van der Waals surface area contributed by atoms with Crippen molar-refractivity contribution in [2.75, 3.05) is 19.0 Å². The average Bonchev–Trinajstić information content (AvgIpc) is 2.65. The molecule has 0 aliphatic rings. The smallest absolute Gasteiger partial charge is 0.266 e. The molecule has 0 unspecified atom stereocenters. The Morgan fingerprint density at radius 1 is 1.23 bits per heavy atom. The van der Waals surface area contributed by atoms with Crippen LogP contribution in [0.25, 0.3) is 6.08 Å². The normalized spacial score (nSPS) is 10.4. The average molecular weight is 368 g/mol. The van der Waals surface area contributed by atoms with Crippen LogP contribution in [0.1, 0.15) is 5.56 Å². The molecule has 2 aromatic rings.